The molecule has 4 saturated carbocycles. The summed E-state index contributed by atoms with van der Waals surface area (Å²) in [5.74, 6) is -18.1. The molecule has 44 heteroatoms. The van der Waals surface area contributed by atoms with Crippen molar-refractivity contribution in [3.05, 3.63) is 0 Å². The van der Waals surface area contributed by atoms with Crippen LogP contribution in [0.1, 0.15) is 226 Å². The minimum atomic E-state index is -6.27. The van der Waals surface area contributed by atoms with Gasteiger partial charge in [-0.2, -0.15) is 110 Å². The van der Waals surface area contributed by atoms with Gasteiger partial charge in [-0.25, -0.2) is 0 Å². The van der Waals surface area contributed by atoms with Crippen molar-refractivity contribution in [3.63, 3.8) is 0 Å². The van der Waals surface area contributed by atoms with E-state index in [1.165, 1.54) is 34.3 Å². The lowest BCUT2D eigenvalue weighted by Crippen LogP contribution is -2.76. The molecule has 0 aromatic rings. The molecular weight excluding hydrogens is 1660 g/mol. The van der Waals surface area contributed by atoms with E-state index in [4.69, 9.17) is 9.47 Å². The molecule has 6 aliphatic rings. The van der Waals surface area contributed by atoms with E-state index in [0.29, 0.717) is 50.9 Å². The number of methoxy groups -OCH3 is 1. The van der Waals surface area contributed by atoms with E-state index in [0.717, 1.165) is 46.5 Å². The van der Waals surface area contributed by atoms with E-state index < -0.39 is 217 Å². The number of alkyl halides is 25. The maximum Gasteiger partial charge on any atom is 0.429 e. The molecule has 19 nitrogen and oxygen atoms in total. The molecule has 21 unspecified atom stereocenters. The highest BCUT2D eigenvalue weighted by atomic mass is 19.4. The lowest BCUT2D eigenvalue weighted by Gasteiger charge is -2.50. The van der Waals surface area contributed by atoms with Crippen LogP contribution in [0.4, 0.5) is 110 Å². The Morgan fingerprint density at radius 1 is 0.487 bits per heavy atom. The van der Waals surface area contributed by atoms with Crippen LogP contribution < -0.4 is 0 Å². The van der Waals surface area contributed by atoms with Crippen LogP contribution in [0.15, 0.2) is 0 Å². The first-order chi connectivity index (χ1) is 52.3. The maximum atomic E-state index is 14.3. The summed E-state index contributed by atoms with van der Waals surface area (Å²) in [6.07, 6.45) is -44.6. The first-order valence-electron chi connectivity index (χ1n) is 37.7. The van der Waals surface area contributed by atoms with Gasteiger partial charge < -0.3 is 63.8 Å². The van der Waals surface area contributed by atoms with Crippen molar-refractivity contribution < 1.29 is 202 Å². The Bertz CT molecular complexity index is 3120. The molecule has 2 heterocycles. The topological polar surface area (TPSA) is 281 Å². The third-order valence-electron chi connectivity index (χ3n) is 23.0. The number of carbonyl (C=O) groups is 5. The molecule has 21 atom stereocenters. The van der Waals surface area contributed by atoms with Crippen LogP contribution in [-0.2, 0) is 61.9 Å². The quantitative estimate of drug-likeness (QED) is 0.0375. The van der Waals surface area contributed by atoms with Crippen molar-refractivity contribution in [1.82, 2.24) is 0 Å². The second-order valence-electron chi connectivity index (χ2n) is 32.1. The number of esters is 5. The summed E-state index contributed by atoms with van der Waals surface area (Å²) >= 11 is 0. The van der Waals surface area contributed by atoms with Crippen molar-refractivity contribution in [2.75, 3.05) is 20.5 Å². The zero-order valence-electron chi connectivity index (χ0n) is 67.7. The van der Waals surface area contributed by atoms with E-state index in [9.17, 15) is 164 Å². The molecule has 2 aliphatic heterocycles. The zero-order chi connectivity index (χ0) is 92.3. The summed E-state index contributed by atoms with van der Waals surface area (Å²) in [6.45, 7) is 17.3. The van der Waals surface area contributed by atoms with Crippen molar-refractivity contribution >= 4 is 29.8 Å². The highest BCUT2D eigenvalue weighted by molar-refractivity contribution is 5.73. The Balaban J connectivity index is 0.000000723. The molecular formula is C73H111F25O19. The van der Waals surface area contributed by atoms with Gasteiger partial charge in [-0.15, -0.1) is 0 Å². The second kappa shape index (κ2) is 40.7. The lowest BCUT2D eigenvalue weighted by molar-refractivity contribution is -0.493. The van der Waals surface area contributed by atoms with Gasteiger partial charge in [0.1, 0.15) is 24.4 Å². The number of ether oxygens (including phenoxy) is 8. The Morgan fingerprint density at radius 3 is 1.30 bits per heavy atom. The predicted molar refractivity (Wildman–Crippen MR) is 360 cm³/mol. The summed E-state index contributed by atoms with van der Waals surface area (Å²) in [7, 11) is 1.41. The van der Waals surface area contributed by atoms with Crippen LogP contribution >= 0.6 is 0 Å². The van der Waals surface area contributed by atoms with E-state index in [1.807, 2.05) is 20.8 Å². The molecule has 2 bridgehead atoms. The zero-order valence-corrected chi connectivity index (χ0v) is 67.7. The van der Waals surface area contributed by atoms with Crippen molar-refractivity contribution in [2.45, 2.75) is 345 Å². The van der Waals surface area contributed by atoms with Crippen molar-refractivity contribution in [3.8, 4) is 0 Å². The molecule has 0 radical (unpaired) electrons. The Labute approximate surface area is 661 Å². The first kappa shape index (κ1) is 110. The molecule has 4 aliphatic carbocycles. The number of rotatable bonds is 20. The maximum absolute atomic E-state index is 14.3. The molecule has 117 heavy (non-hydrogen) atoms. The van der Waals surface area contributed by atoms with E-state index >= 15 is 0 Å². The van der Waals surface area contributed by atoms with Gasteiger partial charge >= 0.3 is 85.1 Å². The predicted octanol–water partition coefficient (Wildman–Crippen LogP) is 17.6. The van der Waals surface area contributed by atoms with Crippen molar-refractivity contribution in [2.24, 2.45) is 65.1 Å². The summed E-state index contributed by atoms with van der Waals surface area (Å²) in [5.41, 5.74) is -25.9. The minimum absolute atomic E-state index is 0.0556. The van der Waals surface area contributed by atoms with Crippen LogP contribution in [-0.4, -0.2) is 200 Å². The average molecular weight is 1770 g/mol. The molecule has 0 spiro atoms. The monoisotopic (exact) mass is 1770 g/mol. The smallest absolute Gasteiger partial charge is 0.429 e. The van der Waals surface area contributed by atoms with E-state index in [-0.39, 0.29) is 63.3 Å². The van der Waals surface area contributed by atoms with Crippen LogP contribution in [0.25, 0.3) is 0 Å². The van der Waals surface area contributed by atoms with Crippen LogP contribution in [0, 0.1) is 65.1 Å². The minimum Gasteiger partial charge on any atom is -0.469 e. The van der Waals surface area contributed by atoms with Gasteiger partial charge in [-0.1, -0.05) is 82.1 Å². The van der Waals surface area contributed by atoms with Gasteiger partial charge in [0, 0.05) is 24.2 Å². The van der Waals surface area contributed by atoms with E-state index in [1.54, 1.807) is 27.7 Å². The molecule has 6 rings (SSSR count). The standard InChI is InChI=1S/C17H23F9O4.C14H23F3O3.C13H19F5O4.C12H17F5O5.C11H17F3O.C6H12O2/c1-4-8(2)12(27)30-11-6-9(13(3,28)15(18,19)20)5-10(7-11)14(29,16(21,22)23)17(24,25)26;1-4-9(2)12(18)20-11-8-6-5-7-10(11)13(3,19)14(15,16)17;1-5-7(2)9(19)21-8-6-10(3,20)22-11(4,12(8,14)15)13(16,17)18;1-4-7(2)8(18)20-5-9(3)10(19,11(13,14)15)12(16,17)22-6-21-9;1-10(15,11(12,13)14)6-9-5-7-2-3-8(9)4-7;1-4-5(2)6(7)8-3/h8-11,28-29H,4-7H2,1-3H3;9-11,19H,4-8H2,1-3H3;7-8,20H,5-6H2,1-4H3;7,19H,4-6H2,1-3H3;7-9,15H,2-6H2,1H3;5H,4H2,1-3H3. The van der Waals surface area contributed by atoms with Gasteiger partial charge in [0.25, 0.3) is 11.2 Å². The molecule has 6 fully saturated rings. The van der Waals surface area contributed by atoms with Gasteiger partial charge in [0.2, 0.25) is 5.60 Å². The molecule has 692 valence electrons. The van der Waals surface area contributed by atoms with Crippen molar-refractivity contribution in [1.29, 1.82) is 0 Å². The molecule has 0 aromatic carbocycles. The number of fused-ring (bicyclic) bond motifs is 2. The Morgan fingerprint density at radius 2 is 0.915 bits per heavy atom. The SMILES string of the molecule is CC(O)(CC1CC2CCC1C2)C(F)(F)F.CCC(C)C(=O)OC.CCC(C)C(=O)OC1CC(C(C)(O)C(F)(F)F)CC(C(O)(C(F)(F)F)C(F)(F)F)C1.CCC(C)C(=O)OC1CC(C)(O)OC(C)(C(F)(F)F)C1(F)F.CCC(C)C(=O)OC1CCCCC1C(C)(O)C(F)(F)F.CCC(C)C(=O)OCC1(C)OCOC(F)(F)C1(O)C(F)(F)F. The Hall–Kier alpha value is -4.76. The highest BCUT2D eigenvalue weighted by Gasteiger charge is 2.82. The third-order valence-corrected chi connectivity index (χ3v) is 23.0. The fourth-order valence-electron chi connectivity index (χ4n) is 13.6. The first-order valence-corrected chi connectivity index (χ1v) is 37.7. The number of hydrogen-bond donors (Lipinski definition) is 6. The average Bonchev–Trinajstić information content (AvgIpc) is 0.985. The fourth-order valence-corrected chi connectivity index (χ4v) is 13.6. The lowest BCUT2D eigenvalue weighted by atomic mass is 9.66. The normalized spacial score (nSPS) is 31.0. The van der Waals surface area contributed by atoms with Gasteiger partial charge in [0.15, 0.2) is 35.5 Å². The van der Waals surface area contributed by atoms with Crippen LogP contribution in [0.2, 0.25) is 0 Å². The van der Waals surface area contributed by atoms with E-state index in [2.05, 4.69) is 28.4 Å². The number of hydrogen-bond acceptors (Lipinski definition) is 19. The van der Waals surface area contributed by atoms with Gasteiger partial charge in [0.05, 0.1) is 36.7 Å². The number of carbonyl (C=O) groups excluding carboxylic acids is 5. The Kier molecular flexibility index (Phi) is 38.4. The summed E-state index contributed by atoms with van der Waals surface area (Å²) in [4.78, 5) is 57.4. The summed E-state index contributed by atoms with van der Waals surface area (Å²) in [6, 6.07) is 0. The number of halogens is 25. The molecule has 0 amide bonds. The van der Waals surface area contributed by atoms with Crippen LogP contribution in [0.5, 0.6) is 0 Å². The largest absolute Gasteiger partial charge is 0.469 e. The van der Waals surface area contributed by atoms with Gasteiger partial charge in [-0.05, 0) is 156 Å². The second-order valence-corrected chi connectivity index (χ2v) is 32.1. The van der Waals surface area contributed by atoms with Crippen LogP contribution in [0.3, 0.4) is 0 Å². The summed E-state index contributed by atoms with van der Waals surface area (Å²) in [5, 5.41) is 58.1. The third kappa shape index (κ3) is 26.6. The molecule has 2 saturated heterocycles. The molecule has 6 N–H and O–H groups in total. The number of aliphatic hydroxyl groups is 6. The van der Waals surface area contributed by atoms with Gasteiger partial charge in [-0.3, -0.25) is 28.7 Å². The fraction of sp³-hybridized carbons (Fsp3) is 0.932. The summed E-state index contributed by atoms with van der Waals surface area (Å²) < 4.78 is 366. The highest BCUT2D eigenvalue weighted by Crippen LogP contribution is 2.59. The molecule has 0 aromatic heterocycles.